The van der Waals surface area contributed by atoms with Gasteiger partial charge >= 0.3 is 0 Å². The van der Waals surface area contributed by atoms with E-state index in [2.05, 4.69) is 5.32 Å². The highest BCUT2D eigenvalue weighted by atomic mass is 19.1. The summed E-state index contributed by atoms with van der Waals surface area (Å²) in [5.41, 5.74) is 5.99. The largest absolute Gasteiger partial charge is 0.368 e. The number of carbonyl (C=O) groups excluding carboxylic acids is 2. The molecule has 0 saturated carbocycles. The van der Waals surface area contributed by atoms with Crippen LogP contribution in [0.4, 0.5) is 4.39 Å². The molecule has 3 N–H and O–H groups in total. The molecule has 2 rings (SSSR count). The van der Waals surface area contributed by atoms with Crippen molar-refractivity contribution in [2.24, 2.45) is 5.73 Å². The molecule has 1 aliphatic heterocycles. The van der Waals surface area contributed by atoms with Crippen molar-refractivity contribution in [3.05, 3.63) is 41.7 Å². The van der Waals surface area contributed by atoms with Crippen LogP contribution in [0.1, 0.15) is 5.56 Å². The molecule has 1 aliphatic rings. The number of halogens is 1. The number of nitrogens with one attached hydrogen (secondary N) is 1. The Labute approximate surface area is 116 Å². The molecule has 1 atom stereocenters. The van der Waals surface area contributed by atoms with Crippen LogP contribution in [0.3, 0.4) is 0 Å². The van der Waals surface area contributed by atoms with E-state index in [0.29, 0.717) is 25.2 Å². The van der Waals surface area contributed by atoms with Gasteiger partial charge in [0.2, 0.25) is 11.8 Å². The Balaban J connectivity index is 2.06. The van der Waals surface area contributed by atoms with Gasteiger partial charge in [0.05, 0.1) is 0 Å². The zero-order chi connectivity index (χ0) is 14.5. The SMILES string of the molecule is NC(=O)C1CNCCN1C(=O)C=Cc1ccc(F)cc1. The summed E-state index contributed by atoms with van der Waals surface area (Å²) >= 11 is 0. The molecule has 0 bridgehead atoms. The number of piperazine rings is 1. The minimum atomic E-state index is -0.630. The van der Waals surface area contributed by atoms with Gasteiger partial charge in [-0.05, 0) is 23.8 Å². The summed E-state index contributed by atoms with van der Waals surface area (Å²) in [6.45, 7) is 1.42. The zero-order valence-corrected chi connectivity index (χ0v) is 10.9. The summed E-state index contributed by atoms with van der Waals surface area (Å²) in [6.07, 6.45) is 2.95. The molecular formula is C14H16FN3O2. The van der Waals surface area contributed by atoms with Crippen LogP contribution in [0.5, 0.6) is 0 Å². The second kappa shape index (κ2) is 6.29. The van der Waals surface area contributed by atoms with Crippen molar-refractivity contribution >= 4 is 17.9 Å². The fraction of sp³-hybridized carbons (Fsp3) is 0.286. The average molecular weight is 277 g/mol. The summed E-state index contributed by atoms with van der Waals surface area (Å²) in [5.74, 6) is -1.13. The summed E-state index contributed by atoms with van der Waals surface area (Å²) in [4.78, 5) is 24.8. The number of hydrogen-bond donors (Lipinski definition) is 2. The summed E-state index contributed by atoms with van der Waals surface area (Å²) in [5, 5.41) is 3.02. The Hall–Kier alpha value is -2.21. The number of primary amides is 1. The van der Waals surface area contributed by atoms with E-state index in [1.54, 1.807) is 18.2 Å². The Bertz CT molecular complexity index is 528. The lowest BCUT2D eigenvalue weighted by atomic mass is 10.1. The monoisotopic (exact) mass is 277 g/mol. The highest BCUT2D eigenvalue weighted by molar-refractivity contribution is 5.95. The van der Waals surface area contributed by atoms with Crippen molar-refractivity contribution in [1.82, 2.24) is 10.2 Å². The van der Waals surface area contributed by atoms with E-state index in [0.717, 1.165) is 0 Å². The molecule has 20 heavy (non-hydrogen) atoms. The third-order valence-corrected chi connectivity index (χ3v) is 3.14. The lowest BCUT2D eigenvalue weighted by molar-refractivity contribution is -0.136. The molecule has 106 valence electrons. The second-order valence-electron chi connectivity index (χ2n) is 4.54. The Kier molecular flexibility index (Phi) is 4.47. The lowest BCUT2D eigenvalue weighted by Gasteiger charge is -2.33. The van der Waals surface area contributed by atoms with Gasteiger partial charge in [-0.3, -0.25) is 9.59 Å². The van der Waals surface area contributed by atoms with E-state index in [4.69, 9.17) is 5.73 Å². The number of carbonyl (C=O) groups is 2. The summed E-state index contributed by atoms with van der Waals surface area (Å²) in [7, 11) is 0. The maximum Gasteiger partial charge on any atom is 0.247 e. The lowest BCUT2D eigenvalue weighted by Crippen LogP contribution is -2.58. The van der Waals surface area contributed by atoms with Gasteiger partial charge in [0.25, 0.3) is 0 Å². The van der Waals surface area contributed by atoms with Gasteiger partial charge in [0.15, 0.2) is 0 Å². The van der Waals surface area contributed by atoms with E-state index in [1.807, 2.05) is 0 Å². The van der Waals surface area contributed by atoms with Crippen molar-refractivity contribution in [3.8, 4) is 0 Å². The third-order valence-electron chi connectivity index (χ3n) is 3.14. The quantitative estimate of drug-likeness (QED) is 0.771. The minimum absolute atomic E-state index is 0.278. The first-order chi connectivity index (χ1) is 9.58. The first-order valence-corrected chi connectivity index (χ1v) is 6.32. The normalized spacial score (nSPS) is 19.2. The van der Waals surface area contributed by atoms with Crippen molar-refractivity contribution in [2.75, 3.05) is 19.6 Å². The van der Waals surface area contributed by atoms with Crippen molar-refractivity contribution in [1.29, 1.82) is 0 Å². The highest BCUT2D eigenvalue weighted by Gasteiger charge is 2.29. The van der Waals surface area contributed by atoms with Gasteiger partial charge in [0, 0.05) is 25.7 Å². The molecule has 1 heterocycles. The molecule has 0 aromatic heterocycles. The van der Waals surface area contributed by atoms with Crippen molar-refractivity contribution in [3.63, 3.8) is 0 Å². The molecule has 1 saturated heterocycles. The summed E-state index contributed by atoms with van der Waals surface area (Å²) in [6, 6.07) is 5.15. The fourth-order valence-electron chi connectivity index (χ4n) is 2.06. The van der Waals surface area contributed by atoms with E-state index in [1.165, 1.54) is 23.1 Å². The van der Waals surface area contributed by atoms with Gasteiger partial charge in [-0.25, -0.2) is 4.39 Å². The van der Waals surface area contributed by atoms with E-state index < -0.39 is 11.9 Å². The smallest absolute Gasteiger partial charge is 0.247 e. The molecule has 5 nitrogen and oxygen atoms in total. The van der Waals surface area contributed by atoms with E-state index >= 15 is 0 Å². The number of nitrogens with zero attached hydrogens (tertiary/aromatic N) is 1. The molecule has 6 heteroatoms. The standard InChI is InChI=1S/C14H16FN3O2/c15-11-4-1-10(2-5-11)3-6-13(19)18-8-7-17-9-12(18)14(16)20/h1-6,12,17H,7-9H2,(H2,16,20). The van der Waals surface area contributed by atoms with Crippen LogP contribution in [-0.4, -0.2) is 42.4 Å². The predicted molar refractivity (Wildman–Crippen MR) is 73.0 cm³/mol. The second-order valence-corrected chi connectivity index (χ2v) is 4.54. The third kappa shape index (κ3) is 3.42. The Morgan fingerprint density at radius 2 is 2.05 bits per heavy atom. The van der Waals surface area contributed by atoms with E-state index in [-0.39, 0.29) is 11.7 Å². The molecule has 1 unspecified atom stereocenters. The van der Waals surface area contributed by atoms with Crippen LogP contribution < -0.4 is 11.1 Å². The average Bonchev–Trinajstić information content (AvgIpc) is 2.46. The van der Waals surface area contributed by atoms with Gasteiger partial charge < -0.3 is 16.0 Å². The van der Waals surface area contributed by atoms with Crippen LogP contribution in [0.15, 0.2) is 30.3 Å². The predicted octanol–water partition coefficient (Wildman–Crippen LogP) is 0.125. The van der Waals surface area contributed by atoms with Crippen molar-refractivity contribution < 1.29 is 14.0 Å². The van der Waals surface area contributed by atoms with Gasteiger partial charge in [-0.2, -0.15) is 0 Å². The van der Waals surface area contributed by atoms with Crippen LogP contribution in [0, 0.1) is 5.82 Å². The number of hydrogen-bond acceptors (Lipinski definition) is 3. The maximum atomic E-state index is 12.8. The van der Waals surface area contributed by atoms with Crippen LogP contribution in [0.25, 0.3) is 6.08 Å². The van der Waals surface area contributed by atoms with Crippen LogP contribution in [-0.2, 0) is 9.59 Å². The first-order valence-electron chi connectivity index (χ1n) is 6.32. The molecule has 0 radical (unpaired) electrons. The minimum Gasteiger partial charge on any atom is -0.368 e. The number of amides is 2. The molecule has 1 aromatic rings. The topological polar surface area (TPSA) is 75.4 Å². The fourth-order valence-corrected chi connectivity index (χ4v) is 2.06. The molecular weight excluding hydrogens is 261 g/mol. The highest BCUT2D eigenvalue weighted by Crippen LogP contribution is 2.08. The van der Waals surface area contributed by atoms with Gasteiger partial charge in [-0.15, -0.1) is 0 Å². The molecule has 1 aromatic carbocycles. The molecule has 0 aliphatic carbocycles. The van der Waals surface area contributed by atoms with Crippen LogP contribution >= 0.6 is 0 Å². The molecule has 0 spiro atoms. The van der Waals surface area contributed by atoms with E-state index in [9.17, 15) is 14.0 Å². The number of rotatable bonds is 3. The van der Waals surface area contributed by atoms with Gasteiger partial charge in [0.1, 0.15) is 11.9 Å². The zero-order valence-electron chi connectivity index (χ0n) is 10.9. The Morgan fingerprint density at radius 1 is 1.35 bits per heavy atom. The summed E-state index contributed by atoms with van der Waals surface area (Å²) < 4.78 is 12.8. The molecule has 1 fully saturated rings. The van der Waals surface area contributed by atoms with Gasteiger partial charge in [-0.1, -0.05) is 12.1 Å². The van der Waals surface area contributed by atoms with Crippen molar-refractivity contribution in [2.45, 2.75) is 6.04 Å². The number of nitrogens with two attached hydrogens (primary N) is 1. The van der Waals surface area contributed by atoms with Crippen LogP contribution in [0.2, 0.25) is 0 Å². The first kappa shape index (κ1) is 14.2. The molecule has 2 amide bonds. The maximum absolute atomic E-state index is 12.8. The Morgan fingerprint density at radius 3 is 2.70 bits per heavy atom. The number of benzene rings is 1.